The Balaban J connectivity index is 1.37. The summed E-state index contributed by atoms with van der Waals surface area (Å²) in [5, 5.41) is 3.53. The van der Waals surface area contributed by atoms with Crippen molar-refractivity contribution in [2.45, 2.75) is 6.18 Å². The molecule has 2 amide bonds. The van der Waals surface area contributed by atoms with E-state index >= 15 is 0 Å². The van der Waals surface area contributed by atoms with E-state index in [1.807, 2.05) is 18.2 Å². The highest BCUT2D eigenvalue weighted by atomic mass is 32.1. The zero-order valence-electron chi connectivity index (χ0n) is 16.1. The second kappa shape index (κ2) is 8.02. The van der Waals surface area contributed by atoms with Gasteiger partial charge in [-0.15, -0.1) is 0 Å². The Labute approximate surface area is 174 Å². The Morgan fingerprint density at radius 1 is 1.10 bits per heavy atom. The topological polar surface area (TPSA) is 57.7 Å². The first kappa shape index (κ1) is 20.3. The molecule has 1 fully saturated rings. The van der Waals surface area contributed by atoms with E-state index in [2.05, 4.69) is 15.2 Å². The van der Waals surface area contributed by atoms with E-state index in [4.69, 9.17) is 4.74 Å². The molecular weight excluding hydrogens is 417 g/mol. The number of hydrogen-bond donors (Lipinski definition) is 1. The molecule has 1 aliphatic heterocycles. The van der Waals surface area contributed by atoms with Crippen LogP contribution in [0.1, 0.15) is 5.56 Å². The number of piperazine rings is 1. The molecule has 0 saturated carbocycles. The Hall–Kier alpha value is -3.01. The van der Waals surface area contributed by atoms with Crippen molar-refractivity contribution in [3.8, 4) is 5.75 Å². The van der Waals surface area contributed by atoms with Gasteiger partial charge in [0, 0.05) is 31.9 Å². The normalized spacial score (nSPS) is 14.8. The van der Waals surface area contributed by atoms with Gasteiger partial charge in [0.2, 0.25) is 0 Å². The van der Waals surface area contributed by atoms with E-state index < -0.39 is 11.7 Å². The van der Waals surface area contributed by atoms with Crippen LogP contribution in [-0.2, 0) is 6.18 Å². The number of amides is 2. The molecule has 2 aromatic carbocycles. The molecule has 0 atom stereocenters. The van der Waals surface area contributed by atoms with Crippen molar-refractivity contribution < 1.29 is 22.7 Å². The number of aromatic nitrogens is 1. The molecular formula is C20H19F3N4O2S. The number of urea groups is 1. The first-order chi connectivity index (χ1) is 14.3. The molecule has 1 N–H and O–H groups in total. The minimum Gasteiger partial charge on any atom is -0.494 e. The fraction of sp³-hybridized carbons (Fsp3) is 0.300. The van der Waals surface area contributed by atoms with Crippen LogP contribution in [-0.4, -0.2) is 49.2 Å². The zero-order valence-corrected chi connectivity index (χ0v) is 16.9. The van der Waals surface area contributed by atoms with Gasteiger partial charge in [-0.25, -0.2) is 9.78 Å². The van der Waals surface area contributed by atoms with Crippen LogP contribution in [0.4, 0.5) is 28.8 Å². The highest BCUT2D eigenvalue weighted by molar-refractivity contribution is 7.22. The monoisotopic (exact) mass is 436 g/mol. The van der Waals surface area contributed by atoms with Crippen molar-refractivity contribution in [2.75, 3.05) is 43.5 Å². The lowest BCUT2D eigenvalue weighted by Gasteiger charge is -2.34. The Morgan fingerprint density at radius 2 is 1.80 bits per heavy atom. The smallest absolute Gasteiger partial charge is 0.416 e. The number of nitrogens with zero attached hydrogens (tertiary/aromatic N) is 3. The van der Waals surface area contributed by atoms with Crippen LogP contribution in [0.2, 0.25) is 0 Å². The molecule has 4 rings (SSSR count). The standard InChI is InChI=1S/C20H19F3N4O2S/c1-29-15-3-2-4-16-17(15)25-19(30-16)27-11-9-26(10-12-27)18(28)24-14-7-5-13(6-8-14)20(21,22)23/h2-8H,9-12H2,1H3,(H,24,28). The van der Waals surface area contributed by atoms with Gasteiger partial charge >= 0.3 is 12.2 Å². The predicted molar refractivity (Wildman–Crippen MR) is 110 cm³/mol. The molecule has 0 bridgehead atoms. The van der Waals surface area contributed by atoms with Crippen molar-refractivity contribution in [3.63, 3.8) is 0 Å². The van der Waals surface area contributed by atoms with Gasteiger partial charge in [-0.3, -0.25) is 0 Å². The quantitative estimate of drug-likeness (QED) is 0.648. The van der Waals surface area contributed by atoms with E-state index in [1.165, 1.54) is 12.1 Å². The van der Waals surface area contributed by atoms with Crippen molar-refractivity contribution in [1.82, 2.24) is 9.88 Å². The third-order valence-electron chi connectivity index (χ3n) is 4.89. The maximum Gasteiger partial charge on any atom is 0.416 e. The Bertz CT molecular complexity index is 1040. The van der Waals surface area contributed by atoms with Crippen molar-refractivity contribution in [1.29, 1.82) is 0 Å². The van der Waals surface area contributed by atoms with Crippen LogP contribution < -0.4 is 15.0 Å². The molecule has 10 heteroatoms. The number of alkyl halides is 3. The number of carbonyl (C=O) groups excluding carboxylic acids is 1. The number of fused-ring (bicyclic) bond motifs is 1. The molecule has 0 aliphatic carbocycles. The number of ether oxygens (including phenoxy) is 1. The highest BCUT2D eigenvalue weighted by Crippen LogP contribution is 2.34. The number of hydrogen-bond acceptors (Lipinski definition) is 5. The Morgan fingerprint density at radius 3 is 2.43 bits per heavy atom. The molecule has 1 aliphatic rings. The van der Waals surface area contributed by atoms with E-state index in [0.29, 0.717) is 31.9 Å². The molecule has 0 unspecified atom stereocenters. The molecule has 1 aromatic heterocycles. The van der Waals surface area contributed by atoms with Gasteiger partial charge in [0.25, 0.3) is 0 Å². The number of anilines is 2. The number of carbonyl (C=O) groups is 1. The summed E-state index contributed by atoms with van der Waals surface area (Å²) in [5.41, 5.74) is 0.401. The minimum atomic E-state index is -4.40. The third kappa shape index (κ3) is 4.13. The van der Waals surface area contributed by atoms with Crippen LogP contribution in [0, 0.1) is 0 Å². The van der Waals surface area contributed by atoms with Gasteiger partial charge in [0.05, 0.1) is 17.4 Å². The van der Waals surface area contributed by atoms with Crippen molar-refractivity contribution >= 4 is 38.4 Å². The maximum atomic E-state index is 12.6. The van der Waals surface area contributed by atoms with Crippen LogP contribution >= 0.6 is 11.3 Å². The van der Waals surface area contributed by atoms with Crippen LogP contribution in [0.15, 0.2) is 42.5 Å². The minimum absolute atomic E-state index is 0.327. The summed E-state index contributed by atoms with van der Waals surface area (Å²) in [6, 6.07) is 9.87. The number of rotatable bonds is 3. The average molecular weight is 436 g/mol. The number of benzene rings is 2. The van der Waals surface area contributed by atoms with Crippen LogP contribution in [0.5, 0.6) is 5.75 Å². The lowest BCUT2D eigenvalue weighted by molar-refractivity contribution is -0.137. The summed E-state index contributed by atoms with van der Waals surface area (Å²) in [5.74, 6) is 0.726. The van der Waals surface area contributed by atoms with Crippen molar-refractivity contribution in [3.05, 3.63) is 48.0 Å². The molecule has 0 spiro atoms. The molecule has 3 aromatic rings. The third-order valence-corrected chi connectivity index (χ3v) is 5.97. The van der Waals surface area contributed by atoms with E-state index in [1.54, 1.807) is 23.3 Å². The summed E-state index contributed by atoms with van der Waals surface area (Å²) >= 11 is 1.57. The van der Waals surface area contributed by atoms with Crippen LogP contribution in [0.25, 0.3) is 10.2 Å². The van der Waals surface area contributed by atoms with Crippen LogP contribution in [0.3, 0.4) is 0 Å². The maximum absolute atomic E-state index is 12.6. The number of para-hydroxylation sites is 1. The van der Waals surface area contributed by atoms with Crippen molar-refractivity contribution in [2.24, 2.45) is 0 Å². The predicted octanol–water partition coefficient (Wildman–Crippen LogP) is 4.68. The van der Waals surface area contributed by atoms with E-state index in [9.17, 15) is 18.0 Å². The molecule has 30 heavy (non-hydrogen) atoms. The number of thiazole rings is 1. The fourth-order valence-electron chi connectivity index (χ4n) is 3.26. The number of methoxy groups -OCH3 is 1. The van der Waals surface area contributed by atoms with Gasteiger partial charge in [0.15, 0.2) is 5.13 Å². The second-order valence-electron chi connectivity index (χ2n) is 6.78. The molecule has 0 radical (unpaired) electrons. The summed E-state index contributed by atoms with van der Waals surface area (Å²) < 4.78 is 44.3. The second-order valence-corrected chi connectivity index (χ2v) is 7.79. The summed E-state index contributed by atoms with van der Waals surface area (Å²) in [7, 11) is 1.61. The number of halogens is 3. The van der Waals surface area contributed by atoms with Gasteiger partial charge in [0.1, 0.15) is 11.3 Å². The van der Waals surface area contributed by atoms with Gasteiger partial charge in [-0.2, -0.15) is 13.2 Å². The lowest BCUT2D eigenvalue weighted by Crippen LogP contribution is -2.50. The largest absolute Gasteiger partial charge is 0.494 e. The summed E-state index contributed by atoms with van der Waals surface area (Å²) in [6.07, 6.45) is -4.40. The number of nitrogens with one attached hydrogen (secondary N) is 1. The fourth-order valence-corrected chi connectivity index (χ4v) is 4.29. The molecule has 158 valence electrons. The van der Waals surface area contributed by atoms with E-state index in [-0.39, 0.29) is 6.03 Å². The highest BCUT2D eigenvalue weighted by Gasteiger charge is 2.30. The average Bonchev–Trinajstić information content (AvgIpc) is 3.18. The molecule has 6 nitrogen and oxygen atoms in total. The summed E-state index contributed by atoms with van der Waals surface area (Å²) in [6.45, 7) is 2.20. The SMILES string of the molecule is COc1cccc2sc(N3CCN(C(=O)Nc4ccc(C(F)(F)F)cc4)CC3)nc12. The van der Waals surface area contributed by atoms with Gasteiger partial charge in [-0.1, -0.05) is 17.4 Å². The zero-order chi connectivity index (χ0) is 21.3. The lowest BCUT2D eigenvalue weighted by atomic mass is 10.2. The first-order valence-electron chi connectivity index (χ1n) is 9.27. The van der Waals surface area contributed by atoms with Gasteiger partial charge in [-0.05, 0) is 36.4 Å². The Kier molecular flexibility index (Phi) is 5.42. The molecule has 1 saturated heterocycles. The molecule has 2 heterocycles. The van der Waals surface area contributed by atoms with E-state index in [0.717, 1.165) is 33.2 Å². The summed E-state index contributed by atoms with van der Waals surface area (Å²) in [4.78, 5) is 20.9. The first-order valence-corrected chi connectivity index (χ1v) is 10.1. The van der Waals surface area contributed by atoms with Gasteiger partial charge < -0.3 is 19.9 Å².